The molecule has 4 aromatic rings. The molecule has 0 saturated carbocycles. The van der Waals surface area contributed by atoms with E-state index >= 15 is 0 Å². The number of pyridine rings is 2. The Hall–Kier alpha value is -4.06. The summed E-state index contributed by atoms with van der Waals surface area (Å²) in [5, 5.41) is 3.69. The first-order chi connectivity index (χ1) is 19.1. The smallest absolute Gasteiger partial charge is 0.410 e. The van der Waals surface area contributed by atoms with E-state index in [4.69, 9.17) is 4.74 Å². The van der Waals surface area contributed by atoms with E-state index < -0.39 is 11.4 Å². The largest absolute Gasteiger partial charge is 0.444 e. The van der Waals surface area contributed by atoms with Crippen molar-refractivity contribution in [1.29, 1.82) is 0 Å². The zero-order valence-corrected chi connectivity index (χ0v) is 23.5. The summed E-state index contributed by atoms with van der Waals surface area (Å²) in [6, 6.07) is 5.16. The van der Waals surface area contributed by atoms with Gasteiger partial charge in [0.15, 0.2) is 23.1 Å². The highest BCUT2D eigenvalue weighted by molar-refractivity contribution is 8.02. The standard InChI is InChI=1S/C28H30FN7O3S/c1-28(2,3)39-27(38)35-12-8-17(9-13-35)36-16-19(29)25-26(36)34-22(15-32-25)33-23(40-4)14-21(37)18-7-11-30-20-6-5-10-31-24(18)20/h5-7,10-11,14-17H,8-9,12-13H2,1-4H3,(H,33,34). The number of hydrogen-bond acceptors (Lipinski definition) is 9. The number of carbonyl (C=O) groups is 2. The van der Waals surface area contributed by atoms with Gasteiger partial charge in [-0.3, -0.25) is 14.8 Å². The molecule has 1 N–H and O–H groups in total. The van der Waals surface area contributed by atoms with Crippen LogP contribution in [0.15, 0.2) is 54.1 Å². The number of nitrogens with zero attached hydrogens (tertiary/aromatic N) is 6. The van der Waals surface area contributed by atoms with Gasteiger partial charge in [-0.15, -0.1) is 11.8 Å². The van der Waals surface area contributed by atoms with E-state index in [0.29, 0.717) is 59.0 Å². The van der Waals surface area contributed by atoms with Gasteiger partial charge in [-0.2, -0.15) is 0 Å². The van der Waals surface area contributed by atoms with E-state index in [1.54, 1.807) is 40.1 Å². The van der Waals surface area contributed by atoms with Crippen molar-refractivity contribution in [3.63, 3.8) is 0 Å². The van der Waals surface area contributed by atoms with Crippen molar-refractivity contribution >= 4 is 51.7 Å². The normalized spacial score (nSPS) is 15.0. The molecule has 0 aromatic carbocycles. The van der Waals surface area contributed by atoms with Crippen molar-refractivity contribution in [1.82, 2.24) is 29.4 Å². The summed E-state index contributed by atoms with van der Waals surface area (Å²) >= 11 is 1.34. The Bertz CT molecular complexity index is 1600. The first kappa shape index (κ1) is 27.5. The first-order valence-electron chi connectivity index (χ1n) is 12.9. The molecule has 0 bridgehead atoms. The van der Waals surface area contributed by atoms with Crippen LogP contribution in [0.4, 0.5) is 15.0 Å². The van der Waals surface area contributed by atoms with Crippen molar-refractivity contribution in [2.24, 2.45) is 0 Å². The maximum atomic E-state index is 14.8. The van der Waals surface area contributed by atoms with E-state index in [1.165, 1.54) is 30.2 Å². The molecule has 0 aliphatic carbocycles. The van der Waals surface area contributed by atoms with E-state index in [9.17, 15) is 14.0 Å². The molecule has 0 atom stereocenters. The Labute approximate surface area is 235 Å². The molecule has 1 amide bonds. The van der Waals surface area contributed by atoms with E-state index in [2.05, 4.69) is 25.3 Å². The summed E-state index contributed by atoms with van der Waals surface area (Å²) in [6.45, 7) is 6.49. The average molecular weight is 564 g/mol. The fourth-order valence-electron chi connectivity index (χ4n) is 4.61. The Morgan fingerprint density at radius 2 is 1.90 bits per heavy atom. The number of halogens is 1. The zero-order valence-electron chi connectivity index (χ0n) is 22.7. The first-order valence-corrected chi connectivity index (χ1v) is 14.1. The summed E-state index contributed by atoms with van der Waals surface area (Å²) < 4.78 is 22.1. The van der Waals surface area contributed by atoms with Crippen LogP contribution in [0.3, 0.4) is 0 Å². The van der Waals surface area contributed by atoms with Crippen molar-refractivity contribution in [3.05, 3.63) is 65.5 Å². The Morgan fingerprint density at radius 1 is 1.12 bits per heavy atom. The third-order valence-corrected chi connectivity index (χ3v) is 7.14. The van der Waals surface area contributed by atoms with Crippen LogP contribution >= 0.6 is 11.8 Å². The highest BCUT2D eigenvalue weighted by Crippen LogP contribution is 2.30. The maximum Gasteiger partial charge on any atom is 0.410 e. The summed E-state index contributed by atoms with van der Waals surface area (Å²) in [5.41, 5.74) is 1.60. The SMILES string of the molecule is CSC(=CC(=O)c1ccnc2cccnc12)Nc1cnc2c(F)cn(C3CCN(C(=O)OC(C)(C)C)CC3)c2n1. The second-order valence-corrected chi connectivity index (χ2v) is 11.3. The number of ether oxygens (including phenoxy) is 1. The molecule has 0 unspecified atom stereocenters. The van der Waals surface area contributed by atoms with Crippen LogP contribution in [0.5, 0.6) is 0 Å². The van der Waals surface area contributed by atoms with Gasteiger partial charge in [-0.1, -0.05) is 0 Å². The molecule has 1 aliphatic heterocycles. The molecule has 208 valence electrons. The van der Waals surface area contributed by atoms with Gasteiger partial charge in [0.2, 0.25) is 0 Å². The molecular formula is C28H30FN7O3S. The number of ketones is 1. The van der Waals surface area contributed by atoms with Gasteiger partial charge in [-0.25, -0.2) is 19.2 Å². The van der Waals surface area contributed by atoms with Gasteiger partial charge in [0.05, 0.1) is 27.8 Å². The predicted molar refractivity (Wildman–Crippen MR) is 153 cm³/mol. The van der Waals surface area contributed by atoms with Crippen LogP contribution in [0.25, 0.3) is 22.2 Å². The predicted octanol–water partition coefficient (Wildman–Crippen LogP) is 5.58. The number of amides is 1. The lowest BCUT2D eigenvalue weighted by Gasteiger charge is -2.34. The summed E-state index contributed by atoms with van der Waals surface area (Å²) in [7, 11) is 0. The lowest BCUT2D eigenvalue weighted by molar-refractivity contribution is 0.0189. The number of nitrogens with one attached hydrogen (secondary N) is 1. The monoisotopic (exact) mass is 563 g/mol. The van der Waals surface area contributed by atoms with Gasteiger partial charge >= 0.3 is 6.09 Å². The summed E-state index contributed by atoms with van der Waals surface area (Å²) in [6.07, 6.45) is 10.3. The fourth-order valence-corrected chi connectivity index (χ4v) is 5.04. The Kier molecular flexibility index (Phi) is 7.70. The number of aromatic nitrogens is 5. The molecule has 4 aromatic heterocycles. The molecule has 5 rings (SSSR count). The number of fused-ring (bicyclic) bond motifs is 2. The van der Waals surface area contributed by atoms with Crippen LogP contribution < -0.4 is 5.32 Å². The molecule has 0 spiro atoms. The third kappa shape index (κ3) is 5.91. The van der Waals surface area contributed by atoms with Crippen LogP contribution in [0, 0.1) is 5.82 Å². The van der Waals surface area contributed by atoms with Gasteiger partial charge in [0.25, 0.3) is 0 Å². The molecule has 1 aliphatic rings. The summed E-state index contributed by atoms with van der Waals surface area (Å²) in [4.78, 5) is 44.8. The van der Waals surface area contributed by atoms with Gasteiger partial charge in [0, 0.05) is 43.8 Å². The van der Waals surface area contributed by atoms with Crippen molar-refractivity contribution in [3.8, 4) is 0 Å². The number of anilines is 1. The van der Waals surface area contributed by atoms with Crippen LogP contribution in [-0.2, 0) is 4.74 Å². The molecule has 1 fully saturated rings. The van der Waals surface area contributed by atoms with Gasteiger partial charge in [0.1, 0.15) is 11.1 Å². The van der Waals surface area contributed by atoms with Crippen molar-refractivity contribution in [2.75, 3.05) is 24.7 Å². The minimum atomic E-state index is -0.565. The number of allylic oxidation sites excluding steroid dienone is 1. The minimum absolute atomic E-state index is 0.0557. The lowest BCUT2D eigenvalue weighted by atomic mass is 10.1. The number of piperidine rings is 1. The van der Waals surface area contributed by atoms with E-state index in [1.807, 2.05) is 27.0 Å². The van der Waals surface area contributed by atoms with Crippen molar-refractivity contribution in [2.45, 2.75) is 45.3 Å². The zero-order chi connectivity index (χ0) is 28.4. The summed E-state index contributed by atoms with van der Waals surface area (Å²) in [5.74, 6) is -0.316. The second-order valence-electron chi connectivity index (χ2n) is 10.4. The molecule has 12 heteroatoms. The third-order valence-electron chi connectivity index (χ3n) is 6.48. The van der Waals surface area contributed by atoms with Crippen LogP contribution in [0.2, 0.25) is 0 Å². The molecule has 10 nitrogen and oxygen atoms in total. The number of hydrogen-bond donors (Lipinski definition) is 1. The number of likely N-dealkylation sites (tertiary alicyclic amines) is 1. The van der Waals surface area contributed by atoms with Crippen LogP contribution in [0.1, 0.15) is 50.0 Å². The van der Waals surface area contributed by atoms with Gasteiger partial charge in [-0.05, 0) is 58.1 Å². The number of thioether (sulfide) groups is 1. The fraction of sp³-hybridized carbons (Fsp3) is 0.357. The number of rotatable bonds is 6. The maximum absolute atomic E-state index is 14.8. The number of carbonyl (C=O) groups excluding carboxylic acids is 2. The average Bonchev–Trinajstić information content (AvgIpc) is 3.26. The molecular weight excluding hydrogens is 533 g/mol. The van der Waals surface area contributed by atoms with Crippen molar-refractivity contribution < 1.29 is 18.7 Å². The van der Waals surface area contributed by atoms with E-state index in [-0.39, 0.29) is 23.4 Å². The molecule has 0 radical (unpaired) electrons. The molecule has 1 saturated heterocycles. The topological polar surface area (TPSA) is 115 Å². The highest BCUT2D eigenvalue weighted by atomic mass is 32.2. The quantitative estimate of drug-likeness (QED) is 0.237. The highest BCUT2D eigenvalue weighted by Gasteiger charge is 2.29. The van der Waals surface area contributed by atoms with Gasteiger partial charge < -0.3 is 19.5 Å². The minimum Gasteiger partial charge on any atom is -0.444 e. The Morgan fingerprint density at radius 3 is 2.62 bits per heavy atom. The Balaban J connectivity index is 1.35. The lowest BCUT2D eigenvalue weighted by Crippen LogP contribution is -2.42. The second kappa shape index (κ2) is 11.2. The molecule has 40 heavy (non-hydrogen) atoms. The molecule has 5 heterocycles. The van der Waals surface area contributed by atoms with Crippen LogP contribution in [-0.4, -0.2) is 66.2 Å². The van der Waals surface area contributed by atoms with E-state index in [0.717, 1.165) is 0 Å².